The zero-order valence-corrected chi connectivity index (χ0v) is 21.1. The maximum Gasteiger partial charge on any atom is 0.286 e. The minimum Gasteiger partial charge on any atom is -0.396 e. The second-order valence-corrected chi connectivity index (χ2v) is 9.29. The maximum atomic E-state index is 15.4. The zero-order valence-electron chi connectivity index (χ0n) is 21.1. The molecule has 0 saturated carbocycles. The molecule has 6 nitrogen and oxygen atoms in total. The Morgan fingerprint density at radius 2 is 2.03 bits per heavy atom. The molecule has 38 heavy (non-hydrogen) atoms. The SMILES string of the molecule is Cc1ccc(NC(=O)c2ccnc(C(C)(F)F)c2)cc1-c1cc(F)c(CCCO)c(N2CCOC[C@@H]2F)c1. The highest BCUT2D eigenvalue weighted by atomic mass is 19.3. The lowest BCUT2D eigenvalue weighted by molar-refractivity contribution is 0.0127. The van der Waals surface area contributed by atoms with Crippen molar-refractivity contribution in [2.75, 3.05) is 36.6 Å². The highest BCUT2D eigenvalue weighted by Crippen LogP contribution is 2.36. The highest BCUT2D eigenvalue weighted by Gasteiger charge is 2.28. The van der Waals surface area contributed by atoms with Gasteiger partial charge in [0.15, 0.2) is 6.30 Å². The number of aromatic nitrogens is 1. The number of carbonyl (C=O) groups is 1. The van der Waals surface area contributed by atoms with Gasteiger partial charge in [0.2, 0.25) is 0 Å². The largest absolute Gasteiger partial charge is 0.396 e. The molecule has 0 radical (unpaired) electrons. The van der Waals surface area contributed by atoms with E-state index in [1.807, 2.05) is 6.92 Å². The van der Waals surface area contributed by atoms with E-state index in [1.165, 1.54) is 17.0 Å². The Morgan fingerprint density at radius 3 is 2.74 bits per heavy atom. The number of aliphatic hydroxyl groups excluding tert-OH is 1. The molecule has 4 rings (SSSR count). The number of morpholine rings is 1. The Bertz CT molecular complexity index is 1310. The Labute approximate surface area is 218 Å². The van der Waals surface area contributed by atoms with E-state index in [-0.39, 0.29) is 31.7 Å². The van der Waals surface area contributed by atoms with Gasteiger partial charge in [-0.05, 0) is 72.9 Å². The monoisotopic (exact) mass is 531 g/mol. The number of aliphatic hydroxyl groups is 1. The van der Waals surface area contributed by atoms with Crippen molar-refractivity contribution in [3.63, 3.8) is 0 Å². The number of anilines is 2. The van der Waals surface area contributed by atoms with Crippen LogP contribution in [0.3, 0.4) is 0 Å². The molecule has 2 aromatic carbocycles. The quantitative estimate of drug-likeness (QED) is 0.292. The van der Waals surface area contributed by atoms with Gasteiger partial charge in [-0.25, -0.2) is 8.78 Å². The molecule has 1 aliphatic heterocycles. The third kappa shape index (κ3) is 6.14. The Hall–Kier alpha value is -3.50. The first kappa shape index (κ1) is 27.5. The number of rotatable bonds is 8. The molecule has 1 saturated heterocycles. The second kappa shape index (κ2) is 11.5. The second-order valence-electron chi connectivity index (χ2n) is 9.29. The average molecular weight is 532 g/mol. The number of nitrogens with zero attached hydrogens (tertiary/aromatic N) is 2. The molecule has 202 valence electrons. The Morgan fingerprint density at radius 1 is 1.24 bits per heavy atom. The van der Waals surface area contributed by atoms with E-state index < -0.39 is 29.6 Å². The van der Waals surface area contributed by atoms with Crippen molar-refractivity contribution in [1.82, 2.24) is 4.98 Å². The fourth-order valence-electron chi connectivity index (χ4n) is 4.41. The number of carbonyl (C=O) groups excluding carboxylic acids is 1. The molecule has 1 fully saturated rings. The highest BCUT2D eigenvalue weighted by molar-refractivity contribution is 6.04. The van der Waals surface area contributed by atoms with Crippen LogP contribution < -0.4 is 10.2 Å². The molecule has 0 spiro atoms. The molecule has 0 aliphatic carbocycles. The van der Waals surface area contributed by atoms with Crippen LogP contribution in [0.15, 0.2) is 48.7 Å². The summed E-state index contributed by atoms with van der Waals surface area (Å²) in [6.07, 6.45) is 0.265. The van der Waals surface area contributed by atoms with Crippen molar-refractivity contribution in [3.8, 4) is 11.1 Å². The van der Waals surface area contributed by atoms with Gasteiger partial charge >= 0.3 is 0 Å². The molecule has 3 aromatic rings. The van der Waals surface area contributed by atoms with Gasteiger partial charge in [0, 0.05) is 48.8 Å². The number of alkyl halides is 3. The molecule has 1 atom stereocenters. The number of benzene rings is 2. The number of aryl methyl sites for hydroxylation is 1. The summed E-state index contributed by atoms with van der Waals surface area (Å²) in [5.41, 5.74) is 2.45. The van der Waals surface area contributed by atoms with Crippen LogP contribution in [0.25, 0.3) is 11.1 Å². The van der Waals surface area contributed by atoms with Gasteiger partial charge in [-0.2, -0.15) is 8.78 Å². The van der Waals surface area contributed by atoms with E-state index in [9.17, 15) is 23.1 Å². The fraction of sp³-hybridized carbons (Fsp3) is 0.357. The van der Waals surface area contributed by atoms with Gasteiger partial charge in [0.25, 0.3) is 11.8 Å². The minimum absolute atomic E-state index is 0.0153. The summed E-state index contributed by atoms with van der Waals surface area (Å²) in [6.45, 7) is 2.81. The summed E-state index contributed by atoms with van der Waals surface area (Å²) in [5, 5.41) is 12.0. The van der Waals surface area contributed by atoms with Crippen LogP contribution in [0.1, 0.15) is 40.5 Å². The van der Waals surface area contributed by atoms with Crippen molar-refractivity contribution in [2.45, 2.75) is 38.9 Å². The summed E-state index contributed by atoms with van der Waals surface area (Å²) in [7, 11) is 0. The van der Waals surface area contributed by atoms with E-state index in [1.54, 1.807) is 24.3 Å². The number of amides is 1. The summed E-state index contributed by atoms with van der Waals surface area (Å²) in [6, 6.07) is 10.5. The normalized spacial score (nSPS) is 16.0. The van der Waals surface area contributed by atoms with E-state index in [2.05, 4.69) is 10.3 Å². The molecule has 0 unspecified atom stereocenters. The van der Waals surface area contributed by atoms with Crippen molar-refractivity contribution >= 4 is 17.3 Å². The first-order valence-corrected chi connectivity index (χ1v) is 12.3. The van der Waals surface area contributed by atoms with Crippen molar-refractivity contribution in [2.24, 2.45) is 0 Å². The molecule has 10 heteroatoms. The first-order valence-electron chi connectivity index (χ1n) is 12.3. The lowest BCUT2D eigenvalue weighted by Gasteiger charge is -2.34. The summed E-state index contributed by atoms with van der Waals surface area (Å²) in [4.78, 5) is 17.9. The summed E-state index contributed by atoms with van der Waals surface area (Å²) in [5.74, 6) is -4.33. The molecular formula is C28H29F4N3O3. The number of pyridine rings is 1. The van der Waals surface area contributed by atoms with E-state index >= 15 is 4.39 Å². The molecule has 2 N–H and O–H groups in total. The van der Waals surface area contributed by atoms with Gasteiger partial charge in [-0.3, -0.25) is 9.78 Å². The van der Waals surface area contributed by atoms with E-state index in [4.69, 9.17) is 4.74 Å². The third-order valence-electron chi connectivity index (χ3n) is 6.41. The zero-order chi connectivity index (χ0) is 27.4. The van der Waals surface area contributed by atoms with Gasteiger partial charge in [-0.15, -0.1) is 0 Å². The van der Waals surface area contributed by atoms with Crippen LogP contribution in [0, 0.1) is 12.7 Å². The Balaban J connectivity index is 1.69. The van der Waals surface area contributed by atoms with Gasteiger partial charge in [0.05, 0.1) is 13.2 Å². The smallest absolute Gasteiger partial charge is 0.286 e. The molecule has 2 heterocycles. The third-order valence-corrected chi connectivity index (χ3v) is 6.41. The topological polar surface area (TPSA) is 74.7 Å². The van der Waals surface area contributed by atoms with Crippen LogP contribution in [-0.2, 0) is 17.1 Å². The van der Waals surface area contributed by atoms with Gasteiger partial charge in [0.1, 0.15) is 11.5 Å². The Kier molecular flexibility index (Phi) is 8.32. The van der Waals surface area contributed by atoms with E-state index in [0.29, 0.717) is 48.0 Å². The predicted molar refractivity (Wildman–Crippen MR) is 137 cm³/mol. The number of hydrogen-bond acceptors (Lipinski definition) is 5. The number of nitrogens with one attached hydrogen (secondary N) is 1. The van der Waals surface area contributed by atoms with Crippen molar-refractivity contribution in [3.05, 3.63) is 76.9 Å². The molecule has 1 aliphatic rings. The molecule has 1 amide bonds. The summed E-state index contributed by atoms with van der Waals surface area (Å²) < 4.78 is 62.7. The lowest BCUT2D eigenvalue weighted by atomic mass is 9.95. The van der Waals surface area contributed by atoms with Crippen molar-refractivity contribution in [1.29, 1.82) is 0 Å². The molecule has 1 aromatic heterocycles. The molecule has 0 bridgehead atoms. The minimum atomic E-state index is -3.20. The van der Waals surface area contributed by atoms with Crippen LogP contribution in [0.5, 0.6) is 0 Å². The lowest BCUT2D eigenvalue weighted by Crippen LogP contribution is -2.43. The van der Waals surface area contributed by atoms with E-state index in [0.717, 1.165) is 17.8 Å². The van der Waals surface area contributed by atoms with Crippen LogP contribution in [-0.4, -0.2) is 48.7 Å². The predicted octanol–water partition coefficient (Wildman–Crippen LogP) is 5.62. The van der Waals surface area contributed by atoms with Gasteiger partial charge < -0.3 is 20.1 Å². The maximum absolute atomic E-state index is 15.4. The number of hydrogen-bond donors (Lipinski definition) is 2. The van der Waals surface area contributed by atoms with Crippen LogP contribution in [0.2, 0.25) is 0 Å². The van der Waals surface area contributed by atoms with Crippen LogP contribution in [0.4, 0.5) is 28.9 Å². The molecular weight excluding hydrogens is 502 g/mol. The number of ether oxygens (including phenoxy) is 1. The standard InChI is InChI=1S/C28H29F4N3O3/c1-17-5-6-20(34-27(37)18-7-8-33-25(14-18)28(2,31)32)15-22(17)19-12-23(29)21(4-3-10-36)24(13-19)35-9-11-38-16-26(35)30/h5-8,12-15,26,36H,3-4,9-11,16H2,1-2H3,(H,34,37)/t26-/m1/s1. The summed E-state index contributed by atoms with van der Waals surface area (Å²) >= 11 is 0. The fourth-order valence-corrected chi connectivity index (χ4v) is 4.41. The van der Waals surface area contributed by atoms with Gasteiger partial charge in [-0.1, -0.05) is 6.07 Å². The van der Waals surface area contributed by atoms with Crippen molar-refractivity contribution < 1.29 is 32.2 Å². The van der Waals surface area contributed by atoms with Crippen LogP contribution >= 0.6 is 0 Å². The number of halogens is 4. The first-order chi connectivity index (χ1) is 18.1. The average Bonchev–Trinajstić information content (AvgIpc) is 2.88.